The Morgan fingerprint density at radius 2 is 2.25 bits per heavy atom. The van der Waals surface area contributed by atoms with Crippen LogP contribution in [-0.2, 0) is 16.6 Å². The summed E-state index contributed by atoms with van der Waals surface area (Å²) in [6, 6.07) is 7.96. The number of fused-ring (bicyclic) bond motifs is 1. The van der Waals surface area contributed by atoms with Gasteiger partial charge in [-0.1, -0.05) is 12.1 Å². The number of hydrogen-bond donors (Lipinski definition) is 1. The van der Waals surface area contributed by atoms with Gasteiger partial charge in [0.25, 0.3) is 0 Å². The van der Waals surface area contributed by atoms with Gasteiger partial charge in [0.05, 0.1) is 16.0 Å². The number of para-hydroxylation sites is 1. The summed E-state index contributed by atoms with van der Waals surface area (Å²) < 4.78 is 13.0. The monoisotopic (exact) mass is 254 g/mol. The van der Waals surface area contributed by atoms with Crippen LogP contribution in [-0.4, -0.2) is 21.0 Å². The fraction of sp³-hybridized carbons (Fsp3) is 0.364. The van der Waals surface area contributed by atoms with Crippen molar-refractivity contribution >= 4 is 32.4 Å². The maximum Gasteiger partial charge on any atom is 0.106 e. The molecule has 0 aliphatic carbocycles. The number of rotatable bonds is 4. The topological polar surface area (TPSA) is 56.0 Å². The zero-order valence-electron chi connectivity index (χ0n) is 9.05. The molecule has 2 unspecified atom stereocenters. The molecular formula is C11H14N2OS2. The van der Waals surface area contributed by atoms with Crippen molar-refractivity contribution in [3.63, 3.8) is 0 Å². The summed E-state index contributed by atoms with van der Waals surface area (Å²) in [4.78, 5) is 4.45. The Balaban J connectivity index is 2.18. The van der Waals surface area contributed by atoms with E-state index in [9.17, 15) is 4.21 Å². The lowest BCUT2D eigenvalue weighted by molar-refractivity contribution is 0.672. The number of hydrogen-bond acceptors (Lipinski definition) is 4. The maximum atomic E-state index is 11.8. The van der Waals surface area contributed by atoms with Gasteiger partial charge in [0.1, 0.15) is 5.01 Å². The number of aromatic nitrogens is 1. The van der Waals surface area contributed by atoms with Crippen molar-refractivity contribution in [1.82, 2.24) is 4.98 Å². The van der Waals surface area contributed by atoms with Gasteiger partial charge in [-0.2, -0.15) is 0 Å². The molecule has 1 heterocycles. The fourth-order valence-electron chi connectivity index (χ4n) is 1.35. The van der Waals surface area contributed by atoms with Gasteiger partial charge in [-0.15, -0.1) is 11.3 Å². The number of nitrogens with two attached hydrogens (primary N) is 1. The summed E-state index contributed by atoms with van der Waals surface area (Å²) in [5, 5.41) is 0.965. The van der Waals surface area contributed by atoms with E-state index in [0.717, 1.165) is 15.2 Å². The van der Waals surface area contributed by atoms with E-state index in [1.165, 1.54) is 0 Å². The minimum Gasteiger partial charge on any atom is -0.329 e. The van der Waals surface area contributed by atoms with Crippen LogP contribution in [0.4, 0.5) is 0 Å². The predicted octanol–water partition coefficient (Wildman–Crippen LogP) is 1.89. The third-order valence-corrected chi connectivity index (χ3v) is 5.25. The molecule has 16 heavy (non-hydrogen) atoms. The van der Waals surface area contributed by atoms with Crippen molar-refractivity contribution in [2.45, 2.75) is 17.9 Å². The highest BCUT2D eigenvalue weighted by Crippen LogP contribution is 2.22. The Labute approximate surface area is 101 Å². The van der Waals surface area contributed by atoms with Crippen LogP contribution in [0.5, 0.6) is 0 Å². The zero-order valence-corrected chi connectivity index (χ0v) is 10.7. The second-order valence-electron chi connectivity index (χ2n) is 3.65. The summed E-state index contributed by atoms with van der Waals surface area (Å²) in [7, 11) is -0.920. The standard InChI is InChI=1S/C11H14N2OS2/c1-8(6-12)16(14)7-11-13-9-4-2-3-5-10(9)15-11/h2-5,8H,6-7,12H2,1H3. The van der Waals surface area contributed by atoms with E-state index in [1.54, 1.807) is 11.3 Å². The minimum atomic E-state index is -0.920. The van der Waals surface area contributed by atoms with Crippen LogP contribution in [0.25, 0.3) is 10.2 Å². The molecular weight excluding hydrogens is 240 g/mol. The highest BCUT2D eigenvalue weighted by atomic mass is 32.2. The van der Waals surface area contributed by atoms with Gasteiger partial charge in [0.2, 0.25) is 0 Å². The Hall–Kier alpha value is -0.780. The first-order chi connectivity index (χ1) is 7.70. The van der Waals surface area contributed by atoms with E-state index in [2.05, 4.69) is 4.98 Å². The molecule has 0 bridgehead atoms. The Kier molecular flexibility index (Phi) is 3.68. The molecule has 1 aromatic heterocycles. The zero-order chi connectivity index (χ0) is 11.5. The summed E-state index contributed by atoms with van der Waals surface area (Å²) in [6.45, 7) is 2.36. The van der Waals surface area contributed by atoms with Crippen LogP contribution in [0.2, 0.25) is 0 Å². The molecule has 0 aliphatic rings. The van der Waals surface area contributed by atoms with E-state index in [4.69, 9.17) is 5.73 Å². The molecule has 2 rings (SSSR count). The Morgan fingerprint density at radius 3 is 2.94 bits per heavy atom. The van der Waals surface area contributed by atoms with Gasteiger partial charge in [-0.05, 0) is 19.1 Å². The smallest absolute Gasteiger partial charge is 0.106 e. The molecule has 86 valence electrons. The Morgan fingerprint density at radius 1 is 1.50 bits per heavy atom. The third kappa shape index (κ3) is 2.48. The van der Waals surface area contributed by atoms with Crippen LogP contribution >= 0.6 is 11.3 Å². The lowest BCUT2D eigenvalue weighted by Crippen LogP contribution is -2.22. The summed E-state index contributed by atoms with van der Waals surface area (Å²) in [6.07, 6.45) is 0. The molecule has 0 aliphatic heterocycles. The molecule has 0 radical (unpaired) electrons. The highest BCUT2D eigenvalue weighted by molar-refractivity contribution is 7.85. The first-order valence-corrected chi connectivity index (χ1v) is 7.32. The molecule has 2 atom stereocenters. The molecule has 0 amide bonds. The molecule has 0 spiro atoms. The molecule has 2 N–H and O–H groups in total. The quantitative estimate of drug-likeness (QED) is 0.906. The number of thiazole rings is 1. The van der Waals surface area contributed by atoms with Crippen LogP contribution in [0.1, 0.15) is 11.9 Å². The molecule has 2 aromatic rings. The molecule has 1 aromatic carbocycles. The van der Waals surface area contributed by atoms with Gasteiger partial charge in [0, 0.05) is 22.6 Å². The van der Waals surface area contributed by atoms with Crippen molar-refractivity contribution in [1.29, 1.82) is 0 Å². The molecule has 0 fully saturated rings. The molecule has 0 saturated heterocycles. The normalized spacial score (nSPS) is 15.1. The number of benzene rings is 1. The van der Waals surface area contributed by atoms with Crippen molar-refractivity contribution in [3.8, 4) is 0 Å². The second kappa shape index (κ2) is 5.03. The van der Waals surface area contributed by atoms with Crippen LogP contribution < -0.4 is 5.73 Å². The third-order valence-electron chi connectivity index (χ3n) is 2.38. The largest absolute Gasteiger partial charge is 0.329 e. The van der Waals surface area contributed by atoms with E-state index in [1.807, 2.05) is 31.2 Å². The van der Waals surface area contributed by atoms with Crippen molar-refractivity contribution in [2.24, 2.45) is 5.73 Å². The van der Waals surface area contributed by atoms with Crippen LogP contribution in [0.3, 0.4) is 0 Å². The number of nitrogens with zero attached hydrogens (tertiary/aromatic N) is 1. The minimum absolute atomic E-state index is 0.0343. The summed E-state index contributed by atoms with van der Waals surface area (Å²) >= 11 is 1.61. The predicted molar refractivity (Wildman–Crippen MR) is 70.0 cm³/mol. The molecule has 5 heteroatoms. The lowest BCUT2D eigenvalue weighted by atomic mass is 10.3. The van der Waals surface area contributed by atoms with E-state index < -0.39 is 10.8 Å². The summed E-state index contributed by atoms with van der Waals surface area (Å²) in [5.41, 5.74) is 6.48. The van der Waals surface area contributed by atoms with Gasteiger partial charge < -0.3 is 5.73 Å². The van der Waals surface area contributed by atoms with Crippen molar-refractivity contribution in [3.05, 3.63) is 29.3 Å². The van der Waals surface area contributed by atoms with Gasteiger partial charge in [0.15, 0.2) is 0 Å². The maximum absolute atomic E-state index is 11.8. The van der Waals surface area contributed by atoms with E-state index in [-0.39, 0.29) is 5.25 Å². The summed E-state index contributed by atoms with van der Waals surface area (Å²) in [5.74, 6) is 0.512. The van der Waals surface area contributed by atoms with Crippen molar-refractivity contribution in [2.75, 3.05) is 6.54 Å². The molecule has 0 saturated carbocycles. The van der Waals surface area contributed by atoms with Crippen LogP contribution in [0, 0.1) is 0 Å². The highest BCUT2D eigenvalue weighted by Gasteiger charge is 2.12. The lowest BCUT2D eigenvalue weighted by Gasteiger charge is -2.05. The van der Waals surface area contributed by atoms with Gasteiger partial charge >= 0.3 is 0 Å². The van der Waals surface area contributed by atoms with E-state index in [0.29, 0.717) is 12.3 Å². The van der Waals surface area contributed by atoms with Gasteiger partial charge in [-0.25, -0.2) is 4.98 Å². The average molecular weight is 254 g/mol. The first-order valence-electron chi connectivity index (χ1n) is 5.12. The van der Waals surface area contributed by atoms with E-state index >= 15 is 0 Å². The van der Waals surface area contributed by atoms with Crippen LogP contribution in [0.15, 0.2) is 24.3 Å². The van der Waals surface area contributed by atoms with Gasteiger partial charge in [-0.3, -0.25) is 4.21 Å². The SMILES string of the molecule is CC(CN)S(=O)Cc1nc2ccccc2s1. The Bertz CT molecular complexity index is 476. The van der Waals surface area contributed by atoms with Crippen molar-refractivity contribution < 1.29 is 4.21 Å². The first kappa shape index (κ1) is 11.7. The second-order valence-corrected chi connectivity index (χ2v) is 6.62. The fourth-order valence-corrected chi connectivity index (χ4v) is 3.51. The average Bonchev–Trinajstić information content (AvgIpc) is 2.69. The molecule has 3 nitrogen and oxygen atoms in total.